The molecule has 0 bridgehead atoms. The molecule has 2 aliphatic rings. The summed E-state index contributed by atoms with van der Waals surface area (Å²) < 4.78 is 0. The van der Waals surface area contributed by atoms with Crippen molar-refractivity contribution in [2.75, 3.05) is 5.75 Å². The van der Waals surface area contributed by atoms with Crippen LogP contribution < -0.4 is 5.32 Å². The van der Waals surface area contributed by atoms with Gasteiger partial charge in [-0.3, -0.25) is 9.59 Å². The normalized spacial score (nSPS) is 24.6. The zero-order valence-corrected chi connectivity index (χ0v) is 12.3. The third-order valence-corrected chi connectivity index (χ3v) is 5.38. The molecule has 1 aromatic rings. The smallest absolute Gasteiger partial charge is 0.242 e. The SMILES string of the molecule is CC(C(=O)NC1CC1)N1C(=O)CSC1c1ccsc1. The van der Waals surface area contributed by atoms with E-state index in [1.807, 2.05) is 18.4 Å². The molecule has 19 heavy (non-hydrogen) atoms. The fourth-order valence-corrected chi connectivity index (χ4v) is 4.22. The predicted molar refractivity (Wildman–Crippen MR) is 77.0 cm³/mol. The average Bonchev–Trinajstić information content (AvgIpc) is 2.91. The molecule has 4 nitrogen and oxygen atoms in total. The van der Waals surface area contributed by atoms with Gasteiger partial charge in [0, 0.05) is 6.04 Å². The molecule has 102 valence electrons. The standard InChI is InChI=1S/C13H16N2O2S2/c1-8(12(17)14-10-2-3-10)15-11(16)7-19-13(15)9-4-5-18-6-9/h4-6,8,10,13H,2-3,7H2,1H3,(H,14,17). The molecular weight excluding hydrogens is 280 g/mol. The van der Waals surface area contributed by atoms with E-state index in [1.54, 1.807) is 28.0 Å². The van der Waals surface area contributed by atoms with Crippen LogP contribution >= 0.6 is 23.1 Å². The van der Waals surface area contributed by atoms with Crippen LogP contribution in [-0.4, -0.2) is 34.6 Å². The van der Waals surface area contributed by atoms with Crippen LogP contribution in [0.25, 0.3) is 0 Å². The Morgan fingerprint density at radius 1 is 1.53 bits per heavy atom. The molecule has 6 heteroatoms. The van der Waals surface area contributed by atoms with E-state index in [1.165, 1.54) is 0 Å². The Bertz CT molecular complexity index is 485. The number of carbonyl (C=O) groups excluding carboxylic acids is 2. The first-order chi connectivity index (χ1) is 9.16. The van der Waals surface area contributed by atoms with Crippen LogP contribution in [0.5, 0.6) is 0 Å². The van der Waals surface area contributed by atoms with E-state index in [0.29, 0.717) is 11.8 Å². The van der Waals surface area contributed by atoms with Crippen molar-refractivity contribution >= 4 is 34.9 Å². The third-order valence-electron chi connectivity index (χ3n) is 3.45. The number of nitrogens with zero attached hydrogens (tertiary/aromatic N) is 1. The summed E-state index contributed by atoms with van der Waals surface area (Å²) in [4.78, 5) is 25.9. The quantitative estimate of drug-likeness (QED) is 0.924. The number of hydrogen-bond acceptors (Lipinski definition) is 4. The molecule has 2 heterocycles. The van der Waals surface area contributed by atoms with Crippen molar-refractivity contribution in [3.8, 4) is 0 Å². The molecule has 3 rings (SSSR count). The highest BCUT2D eigenvalue weighted by atomic mass is 32.2. The second kappa shape index (κ2) is 5.17. The van der Waals surface area contributed by atoms with Crippen molar-refractivity contribution in [3.05, 3.63) is 22.4 Å². The highest BCUT2D eigenvalue weighted by Crippen LogP contribution is 2.40. The zero-order valence-electron chi connectivity index (χ0n) is 10.7. The molecule has 1 saturated heterocycles. The van der Waals surface area contributed by atoms with E-state index >= 15 is 0 Å². The summed E-state index contributed by atoms with van der Waals surface area (Å²) in [7, 11) is 0. The van der Waals surface area contributed by atoms with Gasteiger partial charge in [0.15, 0.2) is 0 Å². The second-order valence-electron chi connectivity index (χ2n) is 4.98. The van der Waals surface area contributed by atoms with Crippen molar-refractivity contribution in [1.29, 1.82) is 0 Å². The molecule has 0 spiro atoms. The summed E-state index contributed by atoms with van der Waals surface area (Å²) in [5, 5.41) is 7.02. The summed E-state index contributed by atoms with van der Waals surface area (Å²) in [6.07, 6.45) is 2.13. The summed E-state index contributed by atoms with van der Waals surface area (Å²) in [6.45, 7) is 1.82. The molecule has 1 aliphatic heterocycles. The molecule has 2 atom stereocenters. The lowest BCUT2D eigenvalue weighted by Gasteiger charge is -2.29. The van der Waals surface area contributed by atoms with Crippen LogP contribution in [0, 0.1) is 0 Å². The molecule has 0 radical (unpaired) electrons. The lowest BCUT2D eigenvalue weighted by atomic mass is 10.2. The predicted octanol–water partition coefficient (Wildman–Crippen LogP) is 1.99. The van der Waals surface area contributed by atoms with Crippen LogP contribution in [0.1, 0.15) is 30.7 Å². The molecule has 0 aromatic carbocycles. The van der Waals surface area contributed by atoms with Crippen molar-refractivity contribution < 1.29 is 9.59 Å². The number of thiophene rings is 1. The molecule has 1 aliphatic carbocycles. The Morgan fingerprint density at radius 3 is 2.95 bits per heavy atom. The molecule has 1 N–H and O–H groups in total. The molecule has 2 fully saturated rings. The maximum atomic E-state index is 12.1. The van der Waals surface area contributed by atoms with Gasteiger partial charge in [0.25, 0.3) is 0 Å². The highest BCUT2D eigenvalue weighted by molar-refractivity contribution is 8.00. The number of thioether (sulfide) groups is 1. The Hall–Kier alpha value is -1.01. The first-order valence-corrected chi connectivity index (χ1v) is 8.41. The maximum Gasteiger partial charge on any atom is 0.242 e. The fraction of sp³-hybridized carbons (Fsp3) is 0.538. The minimum absolute atomic E-state index is 0.0151. The van der Waals surface area contributed by atoms with Gasteiger partial charge in [-0.25, -0.2) is 0 Å². The van der Waals surface area contributed by atoms with Gasteiger partial charge in [-0.15, -0.1) is 11.8 Å². The number of amides is 2. The summed E-state index contributed by atoms with van der Waals surface area (Å²) >= 11 is 3.22. The van der Waals surface area contributed by atoms with E-state index < -0.39 is 6.04 Å². The van der Waals surface area contributed by atoms with Crippen molar-refractivity contribution in [2.45, 2.75) is 37.2 Å². The average molecular weight is 296 g/mol. The second-order valence-corrected chi connectivity index (χ2v) is 6.83. The van der Waals surface area contributed by atoms with Crippen LogP contribution in [-0.2, 0) is 9.59 Å². The Balaban J connectivity index is 1.75. The van der Waals surface area contributed by atoms with Crippen molar-refractivity contribution in [1.82, 2.24) is 10.2 Å². The summed E-state index contributed by atoms with van der Waals surface area (Å²) in [5.41, 5.74) is 1.12. The van der Waals surface area contributed by atoms with Crippen molar-refractivity contribution in [2.24, 2.45) is 0 Å². The summed E-state index contributed by atoms with van der Waals surface area (Å²) in [6, 6.07) is 1.97. The van der Waals surface area contributed by atoms with Gasteiger partial charge in [0.2, 0.25) is 11.8 Å². The summed E-state index contributed by atoms with van der Waals surface area (Å²) in [5.74, 6) is 0.486. The molecule has 1 aromatic heterocycles. The lowest BCUT2D eigenvalue weighted by Crippen LogP contribution is -2.47. The first kappa shape index (κ1) is 13.0. The first-order valence-electron chi connectivity index (χ1n) is 6.42. The Kier molecular flexibility index (Phi) is 3.54. The van der Waals surface area contributed by atoms with Crippen LogP contribution in [0.15, 0.2) is 16.8 Å². The zero-order chi connectivity index (χ0) is 13.4. The van der Waals surface area contributed by atoms with E-state index in [9.17, 15) is 9.59 Å². The lowest BCUT2D eigenvalue weighted by molar-refractivity contribution is -0.137. The Labute approximate surface area is 120 Å². The number of rotatable bonds is 4. The molecule has 2 amide bonds. The van der Waals surface area contributed by atoms with Crippen LogP contribution in [0.4, 0.5) is 0 Å². The van der Waals surface area contributed by atoms with Gasteiger partial charge in [-0.05, 0) is 42.2 Å². The van der Waals surface area contributed by atoms with E-state index in [4.69, 9.17) is 0 Å². The highest BCUT2D eigenvalue weighted by Gasteiger charge is 2.39. The maximum absolute atomic E-state index is 12.1. The van der Waals surface area contributed by atoms with Gasteiger partial charge in [0.1, 0.15) is 11.4 Å². The molecule has 2 unspecified atom stereocenters. The minimum Gasteiger partial charge on any atom is -0.352 e. The number of carbonyl (C=O) groups is 2. The minimum atomic E-state index is -0.395. The van der Waals surface area contributed by atoms with Crippen LogP contribution in [0.3, 0.4) is 0 Å². The topological polar surface area (TPSA) is 49.4 Å². The third kappa shape index (κ3) is 2.65. The van der Waals surface area contributed by atoms with E-state index in [0.717, 1.165) is 18.4 Å². The van der Waals surface area contributed by atoms with Gasteiger partial charge < -0.3 is 10.2 Å². The van der Waals surface area contributed by atoms with E-state index in [-0.39, 0.29) is 17.2 Å². The molecular formula is C13H16N2O2S2. The fourth-order valence-electron chi connectivity index (χ4n) is 2.20. The van der Waals surface area contributed by atoms with Gasteiger partial charge in [-0.1, -0.05) is 0 Å². The number of nitrogens with one attached hydrogen (secondary N) is 1. The van der Waals surface area contributed by atoms with Crippen LogP contribution in [0.2, 0.25) is 0 Å². The monoisotopic (exact) mass is 296 g/mol. The van der Waals surface area contributed by atoms with Gasteiger partial charge in [-0.2, -0.15) is 11.3 Å². The largest absolute Gasteiger partial charge is 0.352 e. The number of hydrogen-bond donors (Lipinski definition) is 1. The van der Waals surface area contributed by atoms with Gasteiger partial charge >= 0.3 is 0 Å². The molecule has 1 saturated carbocycles. The van der Waals surface area contributed by atoms with Gasteiger partial charge in [0.05, 0.1) is 5.75 Å². The Morgan fingerprint density at radius 2 is 2.32 bits per heavy atom. The van der Waals surface area contributed by atoms with Crippen molar-refractivity contribution in [3.63, 3.8) is 0 Å². The van der Waals surface area contributed by atoms with E-state index in [2.05, 4.69) is 10.7 Å².